The minimum Gasteiger partial charge on any atom is -0.396 e. The van der Waals surface area contributed by atoms with Crippen LogP contribution < -0.4 is 5.73 Å². The molecule has 2 N–H and O–H groups in total. The van der Waals surface area contributed by atoms with Gasteiger partial charge in [-0.3, -0.25) is 4.68 Å². The SMILES string of the molecule is Cc1nn(CC(F)(F)C(F)(F)C(F)(F)F)c(C)c1N. The van der Waals surface area contributed by atoms with Gasteiger partial charge in [0.1, 0.15) is 6.54 Å². The number of nitrogen functional groups attached to an aromatic ring is 1. The Morgan fingerprint density at radius 2 is 1.53 bits per heavy atom. The second-order valence-corrected chi connectivity index (χ2v) is 4.02. The number of rotatable bonds is 3. The highest BCUT2D eigenvalue weighted by molar-refractivity contribution is 5.46. The monoisotopic (exact) mass is 293 g/mol. The number of hydrogen-bond donors (Lipinski definition) is 1. The maximum absolute atomic E-state index is 13.1. The lowest BCUT2D eigenvalue weighted by Gasteiger charge is -2.28. The molecule has 0 saturated carbocycles. The molecule has 0 radical (unpaired) electrons. The van der Waals surface area contributed by atoms with E-state index in [4.69, 9.17) is 5.73 Å². The molecule has 0 atom stereocenters. The average molecular weight is 293 g/mol. The van der Waals surface area contributed by atoms with Gasteiger partial charge in [-0.2, -0.15) is 35.8 Å². The van der Waals surface area contributed by atoms with Crippen LogP contribution in [0.3, 0.4) is 0 Å². The van der Waals surface area contributed by atoms with Gasteiger partial charge in [0, 0.05) is 0 Å². The molecule has 1 aromatic rings. The standard InChI is InChI=1S/C9H10F7N3/c1-4-6(17)5(2)19(18-4)3-7(10,11)8(12,13)9(14,15)16/h3,17H2,1-2H3. The summed E-state index contributed by atoms with van der Waals surface area (Å²) in [4.78, 5) is 0. The minimum absolute atomic E-state index is 0.0360. The van der Waals surface area contributed by atoms with Crippen LogP contribution in [0.1, 0.15) is 11.4 Å². The predicted octanol–water partition coefficient (Wildman–Crippen LogP) is 2.92. The van der Waals surface area contributed by atoms with E-state index in [-0.39, 0.29) is 17.1 Å². The molecule has 0 fully saturated rings. The third-order valence-electron chi connectivity index (χ3n) is 2.60. The highest BCUT2D eigenvalue weighted by atomic mass is 19.4. The summed E-state index contributed by atoms with van der Waals surface area (Å²) in [5.74, 6) is -11.5. The second kappa shape index (κ2) is 4.27. The van der Waals surface area contributed by atoms with Crippen molar-refractivity contribution in [2.24, 2.45) is 0 Å². The number of aryl methyl sites for hydroxylation is 1. The van der Waals surface area contributed by atoms with Crippen molar-refractivity contribution in [3.63, 3.8) is 0 Å². The fraction of sp³-hybridized carbons (Fsp3) is 0.667. The summed E-state index contributed by atoms with van der Waals surface area (Å²) in [6.45, 7) is 0.597. The van der Waals surface area contributed by atoms with Crippen LogP contribution in [0, 0.1) is 13.8 Å². The van der Waals surface area contributed by atoms with Crippen molar-refractivity contribution in [3.05, 3.63) is 11.4 Å². The highest BCUT2D eigenvalue weighted by Crippen LogP contribution is 2.47. The van der Waals surface area contributed by atoms with Gasteiger partial charge in [0.2, 0.25) is 0 Å². The number of halogens is 7. The summed E-state index contributed by atoms with van der Waals surface area (Å²) in [6, 6.07) is 0. The van der Waals surface area contributed by atoms with Gasteiger partial charge in [0.05, 0.1) is 17.1 Å². The molecular weight excluding hydrogens is 283 g/mol. The first kappa shape index (κ1) is 15.6. The zero-order valence-corrected chi connectivity index (χ0v) is 9.82. The average Bonchev–Trinajstić information content (AvgIpc) is 2.44. The smallest absolute Gasteiger partial charge is 0.396 e. The molecule has 1 aromatic heterocycles. The molecule has 0 amide bonds. The number of anilines is 1. The van der Waals surface area contributed by atoms with Crippen molar-refractivity contribution in [3.8, 4) is 0 Å². The molecule has 0 aliphatic rings. The molecule has 0 saturated heterocycles. The quantitative estimate of drug-likeness (QED) is 0.871. The van der Waals surface area contributed by atoms with Gasteiger partial charge < -0.3 is 5.73 Å². The van der Waals surface area contributed by atoms with Crippen molar-refractivity contribution in [2.45, 2.75) is 38.4 Å². The van der Waals surface area contributed by atoms with Gasteiger partial charge in [0.25, 0.3) is 0 Å². The molecule has 0 aliphatic carbocycles. The molecule has 0 aliphatic heterocycles. The molecule has 110 valence electrons. The van der Waals surface area contributed by atoms with Crippen molar-refractivity contribution in [2.75, 3.05) is 5.73 Å². The highest BCUT2D eigenvalue weighted by Gasteiger charge is 2.73. The predicted molar refractivity (Wildman–Crippen MR) is 52.1 cm³/mol. The molecule has 0 bridgehead atoms. The van der Waals surface area contributed by atoms with Crippen molar-refractivity contribution >= 4 is 5.69 Å². The summed E-state index contributed by atoms with van der Waals surface area (Å²) in [6.07, 6.45) is -6.35. The topological polar surface area (TPSA) is 43.8 Å². The van der Waals surface area contributed by atoms with Crippen LogP contribution in [0.5, 0.6) is 0 Å². The Balaban J connectivity index is 3.13. The number of hydrogen-bond acceptors (Lipinski definition) is 2. The number of aromatic nitrogens is 2. The van der Waals surface area contributed by atoms with Gasteiger partial charge in [-0.25, -0.2) is 0 Å². The zero-order valence-electron chi connectivity index (χ0n) is 9.82. The van der Waals surface area contributed by atoms with Gasteiger partial charge in [0.15, 0.2) is 0 Å². The van der Waals surface area contributed by atoms with Crippen molar-refractivity contribution < 1.29 is 30.7 Å². The minimum atomic E-state index is -6.35. The molecular formula is C9H10F7N3. The first-order valence-corrected chi connectivity index (χ1v) is 4.93. The Labute approximate surface area is 103 Å². The van der Waals surface area contributed by atoms with Gasteiger partial charge >= 0.3 is 18.0 Å². The lowest BCUT2D eigenvalue weighted by molar-refractivity contribution is -0.357. The molecule has 19 heavy (non-hydrogen) atoms. The number of nitrogens with two attached hydrogens (primary N) is 1. The summed E-state index contributed by atoms with van der Waals surface area (Å²) in [5.41, 5.74) is 5.31. The molecule has 0 unspecified atom stereocenters. The summed E-state index contributed by atoms with van der Waals surface area (Å²) >= 11 is 0. The molecule has 1 rings (SSSR count). The Hall–Kier alpha value is -1.48. The van der Waals surface area contributed by atoms with E-state index in [1.54, 1.807) is 0 Å². The van der Waals surface area contributed by atoms with Crippen molar-refractivity contribution in [1.29, 1.82) is 0 Å². The molecule has 1 heterocycles. The van der Waals surface area contributed by atoms with E-state index in [0.717, 1.165) is 0 Å². The lowest BCUT2D eigenvalue weighted by atomic mass is 10.1. The Morgan fingerprint density at radius 3 is 1.84 bits per heavy atom. The van der Waals surface area contributed by atoms with Crippen LogP contribution in [-0.4, -0.2) is 27.8 Å². The summed E-state index contributed by atoms with van der Waals surface area (Å²) in [5, 5.41) is 3.40. The van der Waals surface area contributed by atoms with E-state index in [9.17, 15) is 30.7 Å². The second-order valence-electron chi connectivity index (χ2n) is 4.02. The lowest BCUT2D eigenvalue weighted by Crippen LogP contribution is -2.54. The number of nitrogens with zero attached hydrogens (tertiary/aromatic N) is 2. The maximum Gasteiger partial charge on any atom is 0.459 e. The largest absolute Gasteiger partial charge is 0.459 e. The van der Waals surface area contributed by atoms with Crippen LogP contribution in [0.25, 0.3) is 0 Å². The molecule has 0 aromatic carbocycles. The zero-order chi connectivity index (χ0) is 15.2. The Bertz CT molecular complexity index is 475. The van der Waals surface area contributed by atoms with Crippen LogP contribution in [-0.2, 0) is 6.54 Å². The van der Waals surface area contributed by atoms with E-state index in [1.165, 1.54) is 13.8 Å². The third-order valence-corrected chi connectivity index (χ3v) is 2.60. The molecule has 3 nitrogen and oxygen atoms in total. The van der Waals surface area contributed by atoms with Crippen molar-refractivity contribution in [1.82, 2.24) is 9.78 Å². The van der Waals surface area contributed by atoms with Crippen LogP contribution >= 0.6 is 0 Å². The van der Waals surface area contributed by atoms with E-state index in [1.807, 2.05) is 0 Å². The summed E-state index contributed by atoms with van der Waals surface area (Å²) < 4.78 is 87.8. The fourth-order valence-electron chi connectivity index (χ4n) is 1.36. The normalized spacial score (nSPS) is 13.9. The van der Waals surface area contributed by atoms with Gasteiger partial charge in [-0.15, -0.1) is 0 Å². The van der Waals surface area contributed by atoms with Gasteiger partial charge in [-0.05, 0) is 13.8 Å². The first-order chi connectivity index (χ1) is 8.31. The molecule has 10 heteroatoms. The van der Waals surface area contributed by atoms with Crippen LogP contribution in [0.15, 0.2) is 0 Å². The number of alkyl halides is 7. The van der Waals surface area contributed by atoms with E-state index < -0.39 is 24.6 Å². The van der Waals surface area contributed by atoms with Gasteiger partial charge in [-0.1, -0.05) is 0 Å². The summed E-state index contributed by atoms with van der Waals surface area (Å²) in [7, 11) is 0. The third kappa shape index (κ3) is 2.47. The fourth-order valence-corrected chi connectivity index (χ4v) is 1.36. The van der Waals surface area contributed by atoms with Crippen LogP contribution in [0.2, 0.25) is 0 Å². The maximum atomic E-state index is 13.1. The van der Waals surface area contributed by atoms with E-state index in [0.29, 0.717) is 4.68 Å². The van der Waals surface area contributed by atoms with E-state index >= 15 is 0 Å². The van der Waals surface area contributed by atoms with Crippen LogP contribution in [0.4, 0.5) is 36.4 Å². The van der Waals surface area contributed by atoms with E-state index in [2.05, 4.69) is 5.10 Å². The molecule has 0 spiro atoms. The first-order valence-electron chi connectivity index (χ1n) is 4.93. The Morgan fingerprint density at radius 1 is 1.05 bits per heavy atom. The Kier molecular flexibility index (Phi) is 3.50.